The van der Waals surface area contributed by atoms with Gasteiger partial charge >= 0.3 is 0 Å². The number of hydrogen-bond acceptors (Lipinski definition) is 4. The van der Waals surface area contributed by atoms with Gasteiger partial charge < -0.3 is 11.1 Å². The molecule has 0 atom stereocenters. The average Bonchev–Trinajstić information content (AvgIpc) is 2.25. The number of halogens is 1. The van der Waals surface area contributed by atoms with E-state index in [2.05, 4.69) is 5.32 Å². The number of amides is 1. The quantitative estimate of drug-likeness (QED) is 0.791. The second-order valence-corrected chi connectivity index (χ2v) is 5.98. The van der Waals surface area contributed by atoms with Crippen molar-refractivity contribution in [2.24, 2.45) is 5.73 Å². The molecule has 0 aliphatic carbocycles. The van der Waals surface area contributed by atoms with E-state index in [-0.39, 0.29) is 18.0 Å². The molecule has 1 rings (SSSR count). The smallest absolute Gasteiger partial charge is 0.239 e. The molecule has 0 saturated carbocycles. The Balaban J connectivity index is 2.57. The summed E-state index contributed by atoms with van der Waals surface area (Å²) < 4.78 is 35.8. The summed E-state index contributed by atoms with van der Waals surface area (Å²) in [5, 5.41) is 2.33. The van der Waals surface area contributed by atoms with Gasteiger partial charge in [0.25, 0.3) is 0 Å². The lowest BCUT2D eigenvalue weighted by Crippen LogP contribution is -2.25. The molecule has 100 valence electrons. The maximum absolute atomic E-state index is 12.8. The van der Waals surface area contributed by atoms with Gasteiger partial charge in [-0.2, -0.15) is 0 Å². The summed E-state index contributed by atoms with van der Waals surface area (Å²) >= 11 is 0. The normalized spacial score (nSPS) is 11.2. The molecule has 1 aromatic rings. The highest BCUT2D eigenvalue weighted by molar-refractivity contribution is 7.92. The van der Waals surface area contributed by atoms with Crippen LogP contribution in [0, 0.1) is 5.82 Å². The molecule has 0 bridgehead atoms. The van der Waals surface area contributed by atoms with Crippen molar-refractivity contribution in [3.63, 3.8) is 0 Å². The Kier molecular flexibility index (Phi) is 5.24. The molecule has 5 nitrogen and oxygen atoms in total. The first-order chi connectivity index (χ1) is 8.43. The minimum atomic E-state index is -3.46. The van der Waals surface area contributed by atoms with Crippen LogP contribution in [0.15, 0.2) is 24.3 Å². The second-order valence-electron chi connectivity index (χ2n) is 3.79. The molecule has 0 aliphatic heterocycles. The van der Waals surface area contributed by atoms with Gasteiger partial charge in [-0.15, -0.1) is 0 Å². The van der Waals surface area contributed by atoms with E-state index in [9.17, 15) is 17.6 Å². The fourth-order valence-electron chi connectivity index (χ4n) is 1.34. The first kappa shape index (κ1) is 14.6. The molecule has 0 radical (unpaired) electrons. The van der Waals surface area contributed by atoms with E-state index in [4.69, 9.17) is 5.73 Å². The predicted octanol–water partition coefficient (Wildman–Crippen LogP) is 0.528. The van der Waals surface area contributed by atoms with Crippen molar-refractivity contribution < 1.29 is 17.6 Å². The SMILES string of the molecule is NCCCS(=O)(=O)CC(=O)Nc1cccc(F)c1. The first-order valence-corrected chi connectivity index (χ1v) is 7.21. The lowest BCUT2D eigenvalue weighted by atomic mass is 10.3. The van der Waals surface area contributed by atoms with Crippen LogP contribution in [0.3, 0.4) is 0 Å². The number of carbonyl (C=O) groups is 1. The molecular weight excluding hydrogens is 259 g/mol. The number of hydrogen-bond donors (Lipinski definition) is 2. The zero-order valence-corrected chi connectivity index (χ0v) is 10.5. The average molecular weight is 274 g/mol. The Morgan fingerprint density at radius 3 is 2.72 bits per heavy atom. The van der Waals surface area contributed by atoms with Crippen molar-refractivity contribution in [1.29, 1.82) is 0 Å². The molecule has 0 aromatic heterocycles. The molecule has 0 heterocycles. The van der Waals surface area contributed by atoms with Crippen LogP contribution in [0.1, 0.15) is 6.42 Å². The van der Waals surface area contributed by atoms with Crippen LogP contribution in [0.25, 0.3) is 0 Å². The third-order valence-corrected chi connectivity index (χ3v) is 3.73. The van der Waals surface area contributed by atoms with Gasteiger partial charge in [0.1, 0.15) is 11.6 Å². The van der Waals surface area contributed by atoms with Crippen molar-refractivity contribution in [2.75, 3.05) is 23.4 Å². The third-order valence-electron chi connectivity index (χ3n) is 2.12. The Hall–Kier alpha value is -1.47. The Morgan fingerprint density at radius 1 is 1.39 bits per heavy atom. The monoisotopic (exact) mass is 274 g/mol. The lowest BCUT2D eigenvalue weighted by Gasteiger charge is -2.06. The van der Waals surface area contributed by atoms with Crippen molar-refractivity contribution >= 4 is 21.4 Å². The van der Waals surface area contributed by atoms with E-state index >= 15 is 0 Å². The van der Waals surface area contributed by atoms with E-state index in [1.54, 1.807) is 0 Å². The highest BCUT2D eigenvalue weighted by Gasteiger charge is 2.16. The van der Waals surface area contributed by atoms with Crippen LogP contribution in [0.5, 0.6) is 0 Å². The topological polar surface area (TPSA) is 89.3 Å². The Labute approximate surface area is 105 Å². The van der Waals surface area contributed by atoms with Crippen LogP contribution in [0.2, 0.25) is 0 Å². The molecule has 7 heteroatoms. The molecule has 1 aromatic carbocycles. The molecule has 0 spiro atoms. The fraction of sp³-hybridized carbons (Fsp3) is 0.364. The summed E-state index contributed by atoms with van der Waals surface area (Å²) in [4.78, 5) is 11.5. The van der Waals surface area contributed by atoms with Gasteiger partial charge in [0.15, 0.2) is 9.84 Å². The number of anilines is 1. The van der Waals surface area contributed by atoms with Gasteiger partial charge in [0.2, 0.25) is 5.91 Å². The van der Waals surface area contributed by atoms with E-state index < -0.39 is 27.3 Å². The summed E-state index contributed by atoms with van der Waals surface area (Å²) in [5.74, 6) is -1.93. The van der Waals surface area contributed by atoms with Gasteiger partial charge in [0, 0.05) is 5.69 Å². The van der Waals surface area contributed by atoms with Crippen LogP contribution in [-0.2, 0) is 14.6 Å². The number of rotatable bonds is 6. The highest BCUT2D eigenvalue weighted by Crippen LogP contribution is 2.09. The molecule has 0 aliphatic rings. The number of benzene rings is 1. The molecule has 1 amide bonds. The largest absolute Gasteiger partial charge is 0.330 e. The van der Waals surface area contributed by atoms with E-state index in [1.807, 2.05) is 0 Å². The Morgan fingerprint density at radius 2 is 2.11 bits per heavy atom. The zero-order valence-electron chi connectivity index (χ0n) is 9.73. The van der Waals surface area contributed by atoms with Crippen LogP contribution in [0.4, 0.5) is 10.1 Å². The molecule has 3 N–H and O–H groups in total. The maximum atomic E-state index is 12.8. The zero-order chi connectivity index (χ0) is 13.6. The van der Waals surface area contributed by atoms with Crippen molar-refractivity contribution in [2.45, 2.75) is 6.42 Å². The molecule has 18 heavy (non-hydrogen) atoms. The predicted molar refractivity (Wildman–Crippen MR) is 67.4 cm³/mol. The van der Waals surface area contributed by atoms with Gasteiger partial charge in [-0.25, -0.2) is 12.8 Å². The third kappa shape index (κ3) is 5.24. The number of sulfone groups is 1. The number of nitrogens with one attached hydrogen (secondary N) is 1. The first-order valence-electron chi connectivity index (χ1n) is 5.39. The van der Waals surface area contributed by atoms with Crippen molar-refractivity contribution in [3.05, 3.63) is 30.1 Å². The fourth-order valence-corrected chi connectivity index (χ4v) is 2.56. The second kappa shape index (κ2) is 6.46. The molecule has 0 saturated heterocycles. The van der Waals surface area contributed by atoms with Crippen molar-refractivity contribution in [1.82, 2.24) is 0 Å². The number of nitrogens with two attached hydrogens (primary N) is 1. The maximum Gasteiger partial charge on any atom is 0.239 e. The van der Waals surface area contributed by atoms with E-state index in [0.717, 1.165) is 6.07 Å². The highest BCUT2D eigenvalue weighted by atomic mass is 32.2. The van der Waals surface area contributed by atoms with Crippen molar-refractivity contribution in [3.8, 4) is 0 Å². The minimum absolute atomic E-state index is 0.125. The summed E-state index contributed by atoms with van der Waals surface area (Å²) in [6.45, 7) is 0.255. The molecule has 0 unspecified atom stereocenters. The summed E-state index contributed by atoms with van der Waals surface area (Å²) in [6, 6.07) is 5.25. The summed E-state index contributed by atoms with van der Waals surface area (Å²) in [5.41, 5.74) is 5.43. The summed E-state index contributed by atoms with van der Waals surface area (Å²) in [7, 11) is -3.46. The molecule has 0 fully saturated rings. The van der Waals surface area contributed by atoms with Gasteiger partial charge in [-0.1, -0.05) is 6.07 Å². The Bertz CT molecular complexity index is 517. The van der Waals surface area contributed by atoms with Crippen LogP contribution >= 0.6 is 0 Å². The van der Waals surface area contributed by atoms with Gasteiger partial charge in [0.05, 0.1) is 5.75 Å². The molecular formula is C11H15FN2O3S. The van der Waals surface area contributed by atoms with Gasteiger partial charge in [-0.05, 0) is 31.2 Å². The van der Waals surface area contributed by atoms with E-state index in [0.29, 0.717) is 6.42 Å². The standard InChI is InChI=1S/C11H15FN2O3S/c12-9-3-1-4-10(7-9)14-11(15)8-18(16,17)6-2-5-13/h1,3-4,7H,2,5-6,8,13H2,(H,14,15). The van der Waals surface area contributed by atoms with E-state index in [1.165, 1.54) is 18.2 Å². The van der Waals surface area contributed by atoms with Crippen LogP contribution in [-0.4, -0.2) is 32.4 Å². The number of carbonyl (C=O) groups excluding carboxylic acids is 1. The van der Waals surface area contributed by atoms with Crippen LogP contribution < -0.4 is 11.1 Å². The van der Waals surface area contributed by atoms with Gasteiger partial charge in [-0.3, -0.25) is 4.79 Å². The lowest BCUT2D eigenvalue weighted by molar-refractivity contribution is -0.113. The minimum Gasteiger partial charge on any atom is -0.330 e. The summed E-state index contributed by atoms with van der Waals surface area (Å²) in [6.07, 6.45) is 0.315.